The summed E-state index contributed by atoms with van der Waals surface area (Å²) in [6, 6.07) is 2.55. The van der Waals surface area contributed by atoms with E-state index in [1.54, 1.807) is 0 Å². The molecule has 0 radical (unpaired) electrons. The smallest absolute Gasteiger partial charge is 0.316 e. The van der Waals surface area contributed by atoms with Gasteiger partial charge in [-0.3, -0.25) is 13.8 Å². The van der Waals surface area contributed by atoms with Gasteiger partial charge in [0.15, 0.2) is 0 Å². The third-order valence-electron chi connectivity index (χ3n) is 1.78. The minimum absolute atomic E-state index is 0.256. The highest BCUT2D eigenvalue weighted by molar-refractivity contribution is 7.86. The van der Waals surface area contributed by atoms with Crippen LogP contribution in [-0.4, -0.2) is 32.7 Å². The second kappa shape index (κ2) is 6.20. The fraction of sp³-hybridized carbons (Fsp3) is 0.200. The summed E-state index contributed by atoms with van der Waals surface area (Å²) in [6.07, 6.45) is 0. The first-order valence-corrected chi connectivity index (χ1v) is 6.19. The molecule has 1 aromatic rings. The van der Waals surface area contributed by atoms with E-state index in [1.165, 1.54) is 0 Å². The summed E-state index contributed by atoms with van der Waals surface area (Å²) in [5, 5.41) is 10.4. The van der Waals surface area contributed by atoms with Crippen LogP contribution in [0.2, 0.25) is 0 Å². The fourth-order valence-electron chi connectivity index (χ4n) is 1.11. The number of aliphatic carboxylic acids is 1. The lowest BCUT2D eigenvalue weighted by atomic mass is 10.3. The molecule has 1 rings (SSSR count). The average molecular weight is 277 g/mol. The van der Waals surface area contributed by atoms with Crippen molar-refractivity contribution in [2.45, 2.75) is 0 Å². The van der Waals surface area contributed by atoms with Crippen molar-refractivity contribution in [3.05, 3.63) is 29.8 Å². The number of amides is 1. The molecule has 8 heteroatoms. The Morgan fingerprint density at radius 2 is 1.94 bits per heavy atom. The van der Waals surface area contributed by atoms with Crippen LogP contribution >= 0.6 is 0 Å². The highest BCUT2D eigenvalue weighted by Gasteiger charge is 2.13. The molecule has 98 valence electrons. The molecule has 1 amide bonds. The van der Waals surface area contributed by atoms with Gasteiger partial charge in [-0.25, -0.2) is 8.78 Å². The SMILES string of the molecule is O=C(O)C[S@](=O)CC(=O)Nc1ccc(F)cc1F. The molecule has 1 aromatic carbocycles. The lowest BCUT2D eigenvalue weighted by Gasteiger charge is -2.05. The summed E-state index contributed by atoms with van der Waals surface area (Å²) in [5.74, 6) is -5.09. The molecule has 0 heterocycles. The lowest BCUT2D eigenvalue weighted by Crippen LogP contribution is -2.23. The third kappa shape index (κ3) is 4.58. The Labute approximate surface area is 103 Å². The van der Waals surface area contributed by atoms with Gasteiger partial charge in [0.2, 0.25) is 5.91 Å². The van der Waals surface area contributed by atoms with Crippen molar-refractivity contribution < 1.29 is 27.7 Å². The molecule has 0 aliphatic carbocycles. The van der Waals surface area contributed by atoms with Crippen LogP contribution in [0, 0.1) is 11.6 Å². The lowest BCUT2D eigenvalue weighted by molar-refractivity contribution is -0.133. The zero-order valence-corrected chi connectivity index (χ0v) is 9.80. The minimum atomic E-state index is -1.87. The maximum atomic E-state index is 13.1. The Hall–Kier alpha value is -1.83. The van der Waals surface area contributed by atoms with Crippen LogP contribution in [0.5, 0.6) is 0 Å². The van der Waals surface area contributed by atoms with Crippen molar-refractivity contribution in [1.29, 1.82) is 0 Å². The van der Waals surface area contributed by atoms with Crippen molar-refractivity contribution in [3.63, 3.8) is 0 Å². The minimum Gasteiger partial charge on any atom is -0.481 e. The van der Waals surface area contributed by atoms with Crippen molar-refractivity contribution in [2.24, 2.45) is 0 Å². The predicted octanol–water partition coefficient (Wildman–Crippen LogP) is 0.737. The van der Waals surface area contributed by atoms with Crippen molar-refractivity contribution >= 4 is 28.4 Å². The first kappa shape index (κ1) is 14.2. The number of carbonyl (C=O) groups excluding carboxylic acids is 1. The van der Waals surface area contributed by atoms with E-state index < -0.39 is 45.8 Å². The molecule has 0 unspecified atom stereocenters. The highest BCUT2D eigenvalue weighted by Crippen LogP contribution is 2.14. The van der Waals surface area contributed by atoms with Crippen LogP contribution in [0.4, 0.5) is 14.5 Å². The van der Waals surface area contributed by atoms with Crippen LogP contribution in [0.25, 0.3) is 0 Å². The normalized spacial score (nSPS) is 11.9. The Morgan fingerprint density at radius 1 is 1.28 bits per heavy atom. The van der Waals surface area contributed by atoms with Gasteiger partial charge in [-0.05, 0) is 12.1 Å². The second-order valence-electron chi connectivity index (χ2n) is 3.29. The molecule has 0 aliphatic rings. The zero-order valence-electron chi connectivity index (χ0n) is 8.98. The molecule has 18 heavy (non-hydrogen) atoms. The number of hydrogen-bond donors (Lipinski definition) is 2. The molecule has 0 spiro atoms. The Kier molecular flexibility index (Phi) is 4.90. The first-order valence-electron chi connectivity index (χ1n) is 4.70. The molecule has 5 nitrogen and oxygen atoms in total. The van der Waals surface area contributed by atoms with Gasteiger partial charge in [-0.2, -0.15) is 0 Å². The van der Waals surface area contributed by atoms with E-state index in [4.69, 9.17) is 5.11 Å². The van der Waals surface area contributed by atoms with E-state index in [-0.39, 0.29) is 5.69 Å². The summed E-state index contributed by atoms with van der Waals surface area (Å²) in [4.78, 5) is 21.5. The van der Waals surface area contributed by atoms with E-state index in [9.17, 15) is 22.6 Å². The zero-order chi connectivity index (χ0) is 13.7. The van der Waals surface area contributed by atoms with Gasteiger partial charge < -0.3 is 10.4 Å². The van der Waals surface area contributed by atoms with Crippen LogP contribution in [-0.2, 0) is 20.4 Å². The molecule has 0 aliphatic heterocycles. The van der Waals surface area contributed by atoms with Gasteiger partial charge in [0, 0.05) is 16.9 Å². The standard InChI is InChI=1S/C10H9F2NO4S/c11-6-1-2-8(7(12)3-6)13-9(14)4-18(17)5-10(15)16/h1-3H,4-5H2,(H,13,14)(H,15,16)/t18-/m1/s1. The Bertz CT molecular complexity index is 507. The Morgan fingerprint density at radius 3 is 2.50 bits per heavy atom. The second-order valence-corrected chi connectivity index (χ2v) is 4.75. The molecular formula is C10H9F2NO4S. The van der Waals surface area contributed by atoms with Gasteiger partial charge in [0.05, 0.1) is 5.69 Å². The largest absolute Gasteiger partial charge is 0.481 e. The van der Waals surface area contributed by atoms with Crippen molar-refractivity contribution in [2.75, 3.05) is 16.8 Å². The maximum Gasteiger partial charge on any atom is 0.316 e. The van der Waals surface area contributed by atoms with Crippen LogP contribution in [0.3, 0.4) is 0 Å². The molecule has 2 N–H and O–H groups in total. The van der Waals surface area contributed by atoms with E-state index in [0.29, 0.717) is 6.07 Å². The topological polar surface area (TPSA) is 83.5 Å². The van der Waals surface area contributed by atoms with Crippen molar-refractivity contribution in [3.8, 4) is 0 Å². The fourth-order valence-corrected chi connectivity index (χ4v) is 1.85. The summed E-state index contributed by atoms with van der Waals surface area (Å²) < 4.78 is 36.8. The van der Waals surface area contributed by atoms with Gasteiger partial charge >= 0.3 is 5.97 Å². The molecule has 0 bridgehead atoms. The van der Waals surface area contributed by atoms with Crippen molar-refractivity contribution in [1.82, 2.24) is 0 Å². The van der Waals surface area contributed by atoms with E-state index >= 15 is 0 Å². The number of hydrogen-bond acceptors (Lipinski definition) is 3. The quantitative estimate of drug-likeness (QED) is 0.831. The molecule has 0 saturated carbocycles. The van der Waals surface area contributed by atoms with E-state index in [2.05, 4.69) is 5.32 Å². The van der Waals surface area contributed by atoms with Gasteiger partial charge in [-0.15, -0.1) is 0 Å². The number of nitrogens with one attached hydrogen (secondary N) is 1. The number of rotatable bonds is 5. The summed E-state index contributed by atoms with van der Waals surface area (Å²) in [7, 11) is -1.87. The molecular weight excluding hydrogens is 268 g/mol. The summed E-state index contributed by atoms with van der Waals surface area (Å²) in [6.45, 7) is 0. The number of halogens is 2. The number of carboxylic acids is 1. The Balaban J connectivity index is 2.59. The average Bonchev–Trinajstić information content (AvgIpc) is 2.20. The molecule has 0 saturated heterocycles. The summed E-state index contributed by atoms with van der Waals surface area (Å²) >= 11 is 0. The number of benzene rings is 1. The van der Waals surface area contributed by atoms with Gasteiger partial charge in [-0.1, -0.05) is 0 Å². The monoisotopic (exact) mass is 277 g/mol. The number of carboxylic acid groups (broad SMARTS) is 1. The first-order chi connectivity index (χ1) is 8.38. The van der Waals surface area contributed by atoms with Gasteiger partial charge in [0.1, 0.15) is 23.1 Å². The number of carbonyl (C=O) groups is 2. The van der Waals surface area contributed by atoms with Gasteiger partial charge in [0.25, 0.3) is 0 Å². The molecule has 0 fully saturated rings. The number of anilines is 1. The maximum absolute atomic E-state index is 13.1. The van der Waals surface area contributed by atoms with Crippen LogP contribution in [0.15, 0.2) is 18.2 Å². The predicted molar refractivity (Wildman–Crippen MR) is 60.5 cm³/mol. The highest BCUT2D eigenvalue weighted by atomic mass is 32.2. The van der Waals surface area contributed by atoms with Crippen LogP contribution in [0.1, 0.15) is 0 Å². The van der Waals surface area contributed by atoms with E-state index in [1.807, 2.05) is 0 Å². The summed E-state index contributed by atoms with van der Waals surface area (Å²) in [5.41, 5.74) is -0.256. The molecule has 0 aromatic heterocycles. The third-order valence-corrected chi connectivity index (χ3v) is 2.93. The molecule has 1 atom stereocenters. The van der Waals surface area contributed by atoms with Crippen LogP contribution < -0.4 is 5.32 Å². The van der Waals surface area contributed by atoms with E-state index in [0.717, 1.165) is 12.1 Å².